The number of aryl methyl sites for hydroxylation is 1. The molecular formula is C15H17FN2O. The Balaban J connectivity index is 2.18. The number of amides is 1. The highest BCUT2D eigenvalue weighted by molar-refractivity contribution is 5.97. The molecule has 0 heterocycles. The van der Waals surface area contributed by atoms with Crippen molar-refractivity contribution >= 4 is 11.6 Å². The number of nitriles is 1. The molecule has 0 spiro atoms. The maximum absolute atomic E-state index is 13.0. The van der Waals surface area contributed by atoms with Crippen LogP contribution in [-0.2, 0) is 4.79 Å². The van der Waals surface area contributed by atoms with Gasteiger partial charge in [-0.15, -0.1) is 0 Å². The first-order chi connectivity index (χ1) is 9.07. The van der Waals surface area contributed by atoms with Crippen molar-refractivity contribution in [2.24, 2.45) is 5.41 Å². The lowest BCUT2D eigenvalue weighted by atomic mass is 9.74. The molecule has 0 radical (unpaired) electrons. The number of rotatable bonds is 2. The van der Waals surface area contributed by atoms with Crippen LogP contribution >= 0.6 is 0 Å². The fourth-order valence-corrected chi connectivity index (χ4v) is 2.55. The van der Waals surface area contributed by atoms with Gasteiger partial charge in [0, 0.05) is 5.69 Å². The van der Waals surface area contributed by atoms with Gasteiger partial charge in [-0.3, -0.25) is 4.79 Å². The van der Waals surface area contributed by atoms with E-state index < -0.39 is 5.41 Å². The molecule has 0 atom stereocenters. The Morgan fingerprint density at radius 1 is 1.37 bits per heavy atom. The molecule has 2 rings (SSSR count). The van der Waals surface area contributed by atoms with E-state index in [0.717, 1.165) is 19.3 Å². The Labute approximate surface area is 112 Å². The van der Waals surface area contributed by atoms with Crippen LogP contribution in [0.2, 0.25) is 0 Å². The quantitative estimate of drug-likeness (QED) is 0.884. The molecule has 1 aliphatic rings. The average molecular weight is 260 g/mol. The first-order valence-electron chi connectivity index (χ1n) is 6.56. The molecule has 1 N–H and O–H groups in total. The van der Waals surface area contributed by atoms with Gasteiger partial charge in [-0.2, -0.15) is 5.26 Å². The number of benzene rings is 1. The third-order valence-corrected chi connectivity index (χ3v) is 3.79. The Morgan fingerprint density at radius 3 is 2.63 bits per heavy atom. The third kappa shape index (κ3) is 2.76. The molecule has 4 heteroatoms. The van der Waals surface area contributed by atoms with Gasteiger partial charge in [0.2, 0.25) is 5.91 Å². The van der Waals surface area contributed by atoms with Crippen LogP contribution in [0.3, 0.4) is 0 Å². The number of hydrogen-bond acceptors (Lipinski definition) is 2. The second-order valence-corrected chi connectivity index (χ2v) is 5.17. The molecule has 1 fully saturated rings. The van der Waals surface area contributed by atoms with Crippen molar-refractivity contribution in [1.29, 1.82) is 5.26 Å². The summed E-state index contributed by atoms with van der Waals surface area (Å²) in [5, 5.41) is 12.1. The number of nitrogens with one attached hydrogen (secondary N) is 1. The summed E-state index contributed by atoms with van der Waals surface area (Å²) in [7, 11) is 0. The molecule has 0 bridgehead atoms. The zero-order valence-electron chi connectivity index (χ0n) is 11.0. The van der Waals surface area contributed by atoms with E-state index in [1.54, 1.807) is 6.92 Å². The topological polar surface area (TPSA) is 52.9 Å². The smallest absolute Gasteiger partial charge is 0.244 e. The van der Waals surface area contributed by atoms with E-state index in [-0.39, 0.29) is 11.7 Å². The molecule has 100 valence electrons. The van der Waals surface area contributed by atoms with Crippen LogP contribution in [0.25, 0.3) is 0 Å². The highest BCUT2D eigenvalue weighted by Crippen LogP contribution is 2.37. The summed E-state index contributed by atoms with van der Waals surface area (Å²) in [4.78, 5) is 12.3. The number of hydrogen-bond donors (Lipinski definition) is 1. The molecule has 1 aromatic carbocycles. The monoisotopic (exact) mass is 260 g/mol. The third-order valence-electron chi connectivity index (χ3n) is 3.79. The van der Waals surface area contributed by atoms with Gasteiger partial charge in [-0.25, -0.2) is 4.39 Å². The van der Waals surface area contributed by atoms with E-state index in [4.69, 9.17) is 0 Å². The lowest BCUT2D eigenvalue weighted by Gasteiger charge is -2.29. The van der Waals surface area contributed by atoms with Crippen molar-refractivity contribution in [3.8, 4) is 6.07 Å². The molecule has 19 heavy (non-hydrogen) atoms. The van der Waals surface area contributed by atoms with E-state index in [1.807, 2.05) is 0 Å². The van der Waals surface area contributed by atoms with Crippen LogP contribution < -0.4 is 5.32 Å². The summed E-state index contributed by atoms with van der Waals surface area (Å²) in [6.07, 6.45) is 4.10. The fraction of sp³-hybridized carbons (Fsp3) is 0.467. The highest BCUT2D eigenvalue weighted by atomic mass is 19.1. The lowest BCUT2D eigenvalue weighted by Crippen LogP contribution is -2.36. The Hall–Kier alpha value is -1.89. The zero-order chi connectivity index (χ0) is 13.9. The fourth-order valence-electron chi connectivity index (χ4n) is 2.55. The Kier molecular flexibility index (Phi) is 3.84. The minimum Gasteiger partial charge on any atom is -0.324 e. The predicted molar refractivity (Wildman–Crippen MR) is 70.9 cm³/mol. The van der Waals surface area contributed by atoms with Gasteiger partial charge in [0.05, 0.1) is 6.07 Å². The van der Waals surface area contributed by atoms with Crippen LogP contribution in [0.5, 0.6) is 0 Å². The number of carbonyl (C=O) groups is 1. The van der Waals surface area contributed by atoms with E-state index in [9.17, 15) is 14.4 Å². The van der Waals surface area contributed by atoms with E-state index in [1.165, 1.54) is 18.2 Å². The van der Waals surface area contributed by atoms with E-state index in [2.05, 4.69) is 11.4 Å². The number of nitrogens with zero attached hydrogens (tertiary/aromatic N) is 1. The standard InChI is InChI=1S/C15H17FN2O/c1-11-9-12(16)5-6-13(11)18-14(19)15(10-17)7-3-2-4-8-15/h5-6,9H,2-4,7-8H2,1H3,(H,18,19). The highest BCUT2D eigenvalue weighted by Gasteiger charge is 2.39. The lowest BCUT2D eigenvalue weighted by molar-refractivity contribution is -0.124. The van der Waals surface area contributed by atoms with Crippen molar-refractivity contribution in [3.63, 3.8) is 0 Å². The number of halogens is 1. The molecular weight excluding hydrogens is 243 g/mol. The second kappa shape index (κ2) is 5.40. The average Bonchev–Trinajstić information content (AvgIpc) is 2.42. The van der Waals surface area contributed by atoms with Crippen molar-refractivity contribution in [1.82, 2.24) is 0 Å². The Bertz CT molecular complexity index is 527. The molecule has 0 aliphatic heterocycles. The van der Waals surface area contributed by atoms with Gasteiger partial charge in [0.1, 0.15) is 11.2 Å². The van der Waals surface area contributed by atoms with Gasteiger partial charge in [0.15, 0.2) is 0 Å². The molecule has 0 aromatic heterocycles. The predicted octanol–water partition coefficient (Wildman–Crippen LogP) is 3.55. The van der Waals surface area contributed by atoms with Crippen LogP contribution in [0.1, 0.15) is 37.7 Å². The van der Waals surface area contributed by atoms with Gasteiger partial charge in [-0.1, -0.05) is 19.3 Å². The maximum atomic E-state index is 13.0. The molecule has 1 aromatic rings. The van der Waals surface area contributed by atoms with Crippen molar-refractivity contribution in [2.45, 2.75) is 39.0 Å². The first-order valence-corrected chi connectivity index (χ1v) is 6.56. The molecule has 1 amide bonds. The van der Waals surface area contributed by atoms with Crippen LogP contribution in [-0.4, -0.2) is 5.91 Å². The second-order valence-electron chi connectivity index (χ2n) is 5.17. The van der Waals surface area contributed by atoms with Crippen molar-refractivity contribution < 1.29 is 9.18 Å². The maximum Gasteiger partial charge on any atom is 0.244 e. The summed E-state index contributed by atoms with van der Waals surface area (Å²) in [6.45, 7) is 1.73. The molecule has 1 aliphatic carbocycles. The summed E-state index contributed by atoms with van der Waals surface area (Å²) < 4.78 is 13.0. The van der Waals surface area contributed by atoms with Crippen molar-refractivity contribution in [2.75, 3.05) is 5.32 Å². The molecule has 0 unspecified atom stereocenters. The van der Waals surface area contributed by atoms with Gasteiger partial charge >= 0.3 is 0 Å². The van der Waals surface area contributed by atoms with Crippen LogP contribution in [0, 0.1) is 29.5 Å². The summed E-state index contributed by atoms with van der Waals surface area (Å²) in [5.74, 6) is -0.590. The molecule has 1 saturated carbocycles. The van der Waals surface area contributed by atoms with E-state index in [0.29, 0.717) is 24.1 Å². The van der Waals surface area contributed by atoms with Crippen LogP contribution in [0.15, 0.2) is 18.2 Å². The summed E-state index contributed by atoms with van der Waals surface area (Å²) >= 11 is 0. The zero-order valence-corrected chi connectivity index (χ0v) is 11.0. The first kappa shape index (κ1) is 13.5. The summed E-state index contributed by atoms with van der Waals surface area (Å²) in [5.41, 5.74) is 0.322. The molecule has 0 saturated heterocycles. The van der Waals surface area contributed by atoms with Crippen molar-refractivity contribution in [3.05, 3.63) is 29.6 Å². The van der Waals surface area contributed by atoms with Gasteiger partial charge in [-0.05, 0) is 43.5 Å². The Morgan fingerprint density at radius 2 is 2.05 bits per heavy atom. The van der Waals surface area contributed by atoms with Gasteiger partial charge < -0.3 is 5.32 Å². The number of carbonyl (C=O) groups excluding carboxylic acids is 1. The van der Waals surface area contributed by atoms with Gasteiger partial charge in [0.25, 0.3) is 0 Å². The minimum absolute atomic E-state index is 0.260. The minimum atomic E-state index is -0.918. The largest absolute Gasteiger partial charge is 0.324 e. The number of anilines is 1. The summed E-state index contributed by atoms with van der Waals surface area (Å²) in [6, 6.07) is 6.40. The molecule has 3 nitrogen and oxygen atoms in total. The van der Waals surface area contributed by atoms with Crippen LogP contribution in [0.4, 0.5) is 10.1 Å². The SMILES string of the molecule is Cc1cc(F)ccc1NC(=O)C1(C#N)CCCCC1. The van der Waals surface area contributed by atoms with E-state index >= 15 is 0 Å². The normalized spacial score (nSPS) is 17.5.